The first-order valence-corrected chi connectivity index (χ1v) is 6.44. The first-order chi connectivity index (χ1) is 9.20. The van der Waals surface area contributed by atoms with Gasteiger partial charge in [0.05, 0.1) is 25.6 Å². The van der Waals surface area contributed by atoms with Gasteiger partial charge < -0.3 is 14.4 Å². The van der Waals surface area contributed by atoms with Gasteiger partial charge in [-0.25, -0.2) is 14.8 Å². The fourth-order valence-electron chi connectivity index (χ4n) is 2.08. The number of carbonyl (C=O) groups is 1. The average Bonchev–Trinajstić information content (AvgIpc) is 2.47. The fourth-order valence-corrected chi connectivity index (χ4v) is 2.08. The molecule has 1 aromatic rings. The number of hydrogen-bond acceptors (Lipinski definition) is 6. The smallest absolute Gasteiger partial charge is 0.358 e. The number of hydrogen-bond donors (Lipinski definition) is 0. The molecule has 0 radical (unpaired) electrons. The Balaban J connectivity index is 1.94. The highest BCUT2D eigenvalue weighted by Gasteiger charge is 2.17. The van der Waals surface area contributed by atoms with Crippen LogP contribution in [0.1, 0.15) is 29.8 Å². The third-order valence-electron chi connectivity index (χ3n) is 3.18. The van der Waals surface area contributed by atoms with E-state index in [4.69, 9.17) is 4.74 Å². The molecule has 0 amide bonds. The second-order valence-electron chi connectivity index (χ2n) is 4.62. The number of nitrogens with zero attached hydrogens (tertiary/aromatic N) is 3. The monoisotopic (exact) mass is 265 g/mol. The van der Waals surface area contributed by atoms with Crippen LogP contribution in [0, 0.1) is 0 Å². The number of rotatable bonds is 4. The van der Waals surface area contributed by atoms with Crippen molar-refractivity contribution in [3.05, 3.63) is 18.1 Å². The minimum Gasteiger partial charge on any atom is -0.464 e. The fraction of sp³-hybridized carbons (Fsp3) is 0.615. The zero-order valence-corrected chi connectivity index (χ0v) is 11.3. The molecule has 1 aliphatic heterocycles. The molecule has 0 aliphatic carbocycles. The number of anilines is 1. The van der Waals surface area contributed by atoms with E-state index in [0.717, 1.165) is 31.8 Å². The molecule has 1 unspecified atom stereocenters. The van der Waals surface area contributed by atoms with E-state index < -0.39 is 5.97 Å². The summed E-state index contributed by atoms with van der Waals surface area (Å²) >= 11 is 0. The van der Waals surface area contributed by atoms with Crippen molar-refractivity contribution in [2.45, 2.75) is 25.4 Å². The predicted octanol–water partition coefficient (Wildman–Crippen LogP) is 1.27. The topological polar surface area (TPSA) is 64.5 Å². The van der Waals surface area contributed by atoms with Crippen molar-refractivity contribution in [3.63, 3.8) is 0 Å². The second kappa shape index (κ2) is 6.47. The Morgan fingerprint density at radius 2 is 2.32 bits per heavy atom. The van der Waals surface area contributed by atoms with E-state index in [-0.39, 0.29) is 11.8 Å². The number of aromatic nitrogens is 2. The normalized spacial score (nSPS) is 18.9. The van der Waals surface area contributed by atoms with E-state index >= 15 is 0 Å². The second-order valence-corrected chi connectivity index (χ2v) is 4.62. The van der Waals surface area contributed by atoms with E-state index in [1.807, 2.05) is 11.9 Å². The molecule has 0 saturated carbocycles. The van der Waals surface area contributed by atoms with Crippen molar-refractivity contribution in [2.75, 3.05) is 32.2 Å². The first-order valence-electron chi connectivity index (χ1n) is 6.44. The summed E-state index contributed by atoms with van der Waals surface area (Å²) in [4.78, 5) is 21.5. The largest absolute Gasteiger partial charge is 0.464 e. The van der Waals surface area contributed by atoms with E-state index in [1.165, 1.54) is 19.7 Å². The van der Waals surface area contributed by atoms with E-state index in [1.54, 1.807) is 6.20 Å². The van der Waals surface area contributed by atoms with E-state index in [0.29, 0.717) is 0 Å². The van der Waals surface area contributed by atoms with Gasteiger partial charge in [0.25, 0.3) is 0 Å². The van der Waals surface area contributed by atoms with Crippen molar-refractivity contribution in [2.24, 2.45) is 0 Å². The molecule has 0 N–H and O–H groups in total. The highest BCUT2D eigenvalue weighted by molar-refractivity contribution is 5.86. The molecule has 0 aromatic carbocycles. The first kappa shape index (κ1) is 13.7. The van der Waals surface area contributed by atoms with Crippen LogP contribution in [0.15, 0.2) is 12.4 Å². The van der Waals surface area contributed by atoms with Crippen LogP contribution in [0.3, 0.4) is 0 Å². The molecule has 104 valence electrons. The Labute approximate surface area is 112 Å². The van der Waals surface area contributed by atoms with Crippen molar-refractivity contribution < 1.29 is 14.3 Å². The van der Waals surface area contributed by atoms with Crippen LogP contribution in [0.2, 0.25) is 0 Å². The van der Waals surface area contributed by atoms with Gasteiger partial charge in [-0.3, -0.25) is 0 Å². The van der Waals surface area contributed by atoms with Crippen LogP contribution in [0.25, 0.3) is 0 Å². The van der Waals surface area contributed by atoms with E-state index in [9.17, 15) is 4.79 Å². The maximum atomic E-state index is 11.3. The molecule has 2 rings (SSSR count). The van der Waals surface area contributed by atoms with Crippen molar-refractivity contribution in [1.82, 2.24) is 9.97 Å². The maximum Gasteiger partial charge on any atom is 0.358 e. The van der Waals surface area contributed by atoms with Crippen LogP contribution < -0.4 is 4.90 Å². The molecule has 1 saturated heterocycles. The summed E-state index contributed by atoms with van der Waals surface area (Å²) in [6.45, 7) is 1.62. The number of carbonyl (C=O) groups excluding carboxylic acids is 1. The summed E-state index contributed by atoms with van der Waals surface area (Å²) in [6.07, 6.45) is 6.70. The van der Waals surface area contributed by atoms with Crippen LogP contribution in [0.4, 0.5) is 5.82 Å². The number of esters is 1. The SMILES string of the molecule is COC(=O)c1cnc(N(C)CC2CCCCO2)cn1. The Kier molecular flexibility index (Phi) is 4.68. The summed E-state index contributed by atoms with van der Waals surface area (Å²) in [5, 5.41) is 0. The molecule has 0 bridgehead atoms. The van der Waals surface area contributed by atoms with Gasteiger partial charge in [-0.2, -0.15) is 0 Å². The van der Waals surface area contributed by atoms with Crippen LogP contribution in [-0.2, 0) is 9.47 Å². The minimum absolute atomic E-state index is 0.216. The van der Waals surface area contributed by atoms with Gasteiger partial charge in [-0.15, -0.1) is 0 Å². The lowest BCUT2D eigenvalue weighted by atomic mass is 10.1. The van der Waals surface area contributed by atoms with Crippen molar-refractivity contribution in [3.8, 4) is 0 Å². The molecule has 19 heavy (non-hydrogen) atoms. The lowest BCUT2D eigenvalue weighted by Gasteiger charge is -2.27. The number of likely N-dealkylation sites (N-methyl/N-ethyl adjacent to an activating group) is 1. The molecular weight excluding hydrogens is 246 g/mol. The Morgan fingerprint density at radius 1 is 1.47 bits per heavy atom. The zero-order chi connectivity index (χ0) is 13.7. The molecule has 6 heteroatoms. The summed E-state index contributed by atoms with van der Waals surface area (Å²) in [7, 11) is 3.27. The van der Waals surface area contributed by atoms with Gasteiger partial charge in [0, 0.05) is 20.2 Å². The standard InChI is InChI=1S/C13H19N3O3/c1-16(9-10-5-3-4-6-19-10)12-8-14-11(7-15-12)13(17)18-2/h7-8,10H,3-6,9H2,1-2H3. The summed E-state index contributed by atoms with van der Waals surface area (Å²) in [5.74, 6) is 0.249. The summed E-state index contributed by atoms with van der Waals surface area (Å²) in [6, 6.07) is 0. The third-order valence-corrected chi connectivity index (χ3v) is 3.18. The lowest BCUT2D eigenvalue weighted by Crippen LogP contribution is -2.33. The molecule has 1 aliphatic rings. The number of methoxy groups -OCH3 is 1. The molecule has 1 fully saturated rings. The summed E-state index contributed by atoms with van der Waals surface area (Å²) in [5.41, 5.74) is 0.216. The van der Waals surface area contributed by atoms with Crippen molar-refractivity contribution in [1.29, 1.82) is 0 Å². The van der Waals surface area contributed by atoms with Crippen LogP contribution in [-0.4, -0.2) is 49.4 Å². The van der Waals surface area contributed by atoms with Crippen LogP contribution in [0.5, 0.6) is 0 Å². The van der Waals surface area contributed by atoms with Gasteiger partial charge in [0.1, 0.15) is 5.82 Å². The Hall–Kier alpha value is -1.69. The zero-order valence-electron chi connectivity index (χ0n) is 11.3. The van der Waals surface area contributed by atoms with Gasteiger partial charge >= 0.3 is 5.97 Å². The van der Waals surface area contributed by atoms with Crippen molar-refractivity contribution >= 4 is 11.8 Å². The molecule has 2 heterocycles. The highest BCUT2D eigenvalue weighted by atomic mass is 16.5. The molecule has 1 aromatic heterocycles. The molecule has 0 spiro atoms. The summed E-state index contributed by atoms with van der Waals surface area (Å²) < 4.78 is 10.3. The lowest BCUT2D eigenvalue weighted by molar-refractivity contribution is 0.0215. The minimum atomic E-state index is -0.475. The Bertz CT molecular complexity index is 416. The Morgan fingerprint density at radius 3 is 2.89 bits per heavy atom. The van der Waals surface area contributed by atoms with Gasteiger partial charge in [0.2, 0.25) is 0 Å². The molecule has 1 atom stereocenters. The van der Waals surface area contributed by atoms with Crippen LogP contribution >= 0.6 is 0 Å². The quantitative estimate of drug-likeness (QED) is 0.764. The van der Waals surface area contributed by atoms with Gasteiger partial charge in [-0.05, 0) is 19.3 Å². The molecular formula is C13H19N3O3. The highest BCUT2D eigenvalue weighted by Crippen LogP contribution is 2.16. The molecule has 6 nitrogen and oxygen atoms in total. The maximum absolute atomic E-state index is 11.3. The van der Waals surface area contributed by atoms with E-state index in [2.05, 4.69) is 14.7 Å². The average molecular weight is 265 g/mol. The third kappa shape index (κ3) is 3.64. The number of ether oxygens (including phenoxy) is 2. The van der Waals surface area contributed by atoms with Gasteiger partial charge in [-0.1, -0.05) is 0 Å². The van der Waals surface area contributed by atoms with Gasteiger partial charge in [0.15, 0.2) is 5.69 Å². The predicted molar refractivity (Wildman–Crippen MR) is 70.2 cm³/mol.